The molecule has 4 heteroatoms. The zero-order chi connectivity index (χ0) is 4.28. The second-order valence-electron chi connectivity index (χ2n) is 0.592. The highest BCUT2D eigenvalue weighted by Crippen LogP contribution is 1.63. The van der Waals surface area contributed by atoms with Crippen molar-refractivity contribution >= 4 is 11.1 Å². The molecule has 1 unspecified atom stereocenters. The molecule has 0 heterocycles. The lowest BCUT2D eigenvalue weighted by Gasteiger charge is -1.93. The summed E-state index contributed by atoms with van der Waals surface area (Å²) in [6, 6.07) is 0. The molecule has 0 fully saturated rings. The van der Waals surface area contributed by atoms with Crippen LogP contribution in [-0.4, -0.2) is 20.0 Å². The fourth-order valence-electron chi connectivity index (χ4n) is 0. The minimum Gasteiger partial charge on any atom is -0.772 e. The Labute approximate surface area is 39.0 Å². The molecule has 0 aliphatic heterocycles. The van der Waals surface area contributed by atoms with E-state index in [9.17, 15) is 8.76 Å². The van der Waals surface area contributed by atoms with Crippen molar-refractivity contribution in [3.8, 4) is 0 Å². The summed E-state index contributed by atoms with van der Waals surface area (Å²) in [6.07, 6.45) is 0. The van der Waals surface area contributed by atoms with Gasteiger partial charge in [-0.1, -0.05) is 18.0 Å². The van der Waals surface area contributed by atoms with Gasteiger partial charge in [-0.05, 0) is 0 Å². The predicted molar refractivity (Wildman–Crippen MR) is 23.1 cm³/mol. The molecule has 0 aliphatic rings. The molecule has 0 aliphatic carbocycles. The second kappa shape index (κ2) is 5.07. The van der Waals surface area contributed by atoms with E-state index in [0.29, 0.717) is 0 Å². The van der Waals surface area contributed by atoms with Crippen molar-refractivity contribution in [1.82, 2.24) is 0 Å². The van der Waals surface area contributed by atoms with E-state index in [1.165, 1.54) is 0 Å². The maximum atomic E-state index is 9.37. The third-order valence-corrected chi connectivity index (χ3v) is 0.707. The van der Waals surface area contributed by atoms with Crippen LogP contribution >= 0.6 is 0 Å². The molecule has 0 radical (unpaired) electrons. The monoisotopic (exact) mass is 111 g/mol. The van der Waals surface area contributed by atoms with E-state index in [2.05, 4.69) is 0 Å². The van der Waals surface area contributed by atoms with Crippen LogP contribution in [0, 0.1) is 0 Å². The van der Waals surface area contributed by atoms with Crippen molar-refractivity contribution in [1.29, 1.82) is 0 Å². The fraction of sp³-hybridized carbons (Fsp3) is 1.00. The lowest BCUT2D eigenvalue weighted by Crippen LogP contribution is -1.85. The van der Waals surface area contributed by atoms with E-state index in [4.69, 9.17) is 0 Å². The lowest BCUT2D eigenvalue weighted by atomic mass is 11.0. The second-order valence-corrected chi connectivity index (χ2v) is 1.78. The zero-order valence-corrected chi connectivity index (χ0v) is 4.25. The van der Waals surface area contributed by atoms with Crippen molar-refractivity contribution in [2.24, 2.45) is 0 Å². The summed E-state index contributed by atoms with van der Waals surface area (Å²) in [7, 11) is 0. The molecule has 0 aromatic carbocycles. The maximum absolute atomic E-state index is 9.37. The third kappa shape index (κ3) is 8.95. The summed E-state index contributed by atoms with van der Waals surface area (Å²) in [5.74, 6) is 0.222. The van der Waals surface area contributed by atoms with Gasteiger partial charge in [0.2, 0.25) is 0 Å². The smallest absolute Gasteiger partial charge is 0.00731 e. The van der Waals surface area contributed by atoms with Gasteiger partial charge in [0, 0.05) is 5.75 Å². The van der Waals surface area contributed by atoms with Crippen LogP contribution in [0.3, 0.4) is 0 Å². The standard InChI is InChI=1S/C2H6O2S.H2O/c1-2-5(3)4;/h2H2,1H3,(H,3,4);1H2/p-1. The lowest BCUT2D eigenvalue weighted by molar-refractivity contribution is 0.538. The van der Waals surface area contributed by atoms with E-state index < -0.39 is 11.1 Å². The molecule has 2 N–H and O–H groups in total. The highest BCUT2D eigenvalue weighted by molar-refractivity contribution is 7.79. The molecule has 0 bridgehead atoms. The summed E-state index contributed by atoms with van der Waals surface area (Å²) in [4.78, 5) is 0. The highest BCUT2D eigenvalue weighted by atomic mass is 32.2. The summed E-state index contributed by atoms with van der Waals surface area (Å²) < 4.78 is 18.7. The fourth-order valence-corrected chi connectivity index (χ4v) is 0. The minimum atomic E-state index is -1.82. The first-order valence-electron chi connectivity index (χ1n) is 1.33. The maximum Gasteiger partial charge on any atom is 0.00731 e. The Morgan fingerprint density at radius 1 is 1.83 bits per heavy atom. The number of hydrogen-bond acceptors (Lipinski definition) is 2. The Hall–Kier alpha value is 0.0700. The largest absolute Gasteiger partial charge is 0.772 e. The first-order chi connectivity index (χ1) is 2.27. The Balaban J connectivity index is 0. The van der Waals surface area contributed by atoms with Gasteiger partial charge in [0.1, 0.15) is 0 Å². The Bertz CT molecular complexity index is 44.1. The molecule has 0 aromatic rings. The molecule has 0 amide bonds. The van der Waals surface area contributed by atoms with Crippen molar-refractivity contribution in [3.63, 3.8) is 0 Å². The SMILES string of the molecule is CCS(=O)[O-].O. The Morgan fingerprint density at radius 2 is 2.00 bits per heavy atom. The van der Waals surface area contributed by atoms with E-state index >= 15 is 0 Å². The van der Waals surface area contributed by atoms with Crippen molar-refractivity contribution in [3.05, 3.63) is 0 Å². The van der Waals surface area contributed by atoms with Crippen LogP contribution in [0.1, 0.15) is 6.92 Å². The van der Waals surface area contributed by atoms with Gasteiger partial charge in [-0.25, -0.2) is 0 Å². The summed E-state index contributed by atoms with van der Waals surface area (Å²) in [5.41, 5.74) is 0. The molecular formula is C2H7O3S-. The van der Waals surface area contributed by atoms with Crippen LogP contribution in [-0.2, 0) is 11.1 Å². The van der Waals surface area contributed by atoms with Gasteiger partial charge in [0.05, 0.1) is 0 Å². The van der Waals surface area contributed by atoms with Crippen molar-refractivity contribution in [2.75, 3.05) is 5.75 Å². The van der Waals surface area contributed by atoms with Gasteiger partial charge in [0.15, 0.2) is 0 Å². The summed E-state index contributed by atoms with van der Waals surface area (Å²) in [5, 5.41) is 0. The van der Waals surface area contributed by atoms with E-state index in [-0.39, 0.29) is 11.2 Å². The summed E-state index contributed by atoms with van der Waals surface area (Å²) >= 11 is -1.82. The van der Waals surface area contributed by atoms with E-state index in [1.807, 2.05) is 0 Å². The highest BCUT2D eigenvalue weighted by Gasteiger charge is 1.62. The van der Waals surface area contributed by atoms with Crippen LogP contribution in [0.5, 0.6) is 0 Å². The molecule has 3 nitrogen and oxygen atoms in total. The first-order valence-corrected chi connectivity index (χ1v) is 2.57. The van der Waals surface area contributed by atoms with Crippen LogP contribution in [0.15, 0.2) is 0 Å². The molecule has 0 aromatic heterocycles. The van der Waals surface area contributed by atoms with Gasteiger partial charge in [0.25, 0.3) is 0 Å². The molecule has 0 saturated carbocycles. The van der Waals surface area contributed by atoms with E-state index in [0.717, 1.165) is 0 Å². The van der Waals surface area contributed by atoms with Gasteiger partial charge in [-0.3, -0.25) is 4.21 Å². The van der Waals surface area contributed by atoms with Gasteiger partial charge < -0.3 is 10.0 Å². The molecule has 6 heavy (non-hydrogen) atoms. The van der Waals surface area contributed by atoms with Crippen molar-refractivity contribution in [2.45, 2.75) is 6.92 Å². The zero-order valence-electron chi connectivity index (χ0n) is 3.43. The van der Waals surface area contributed by atoms with Gasteiger partial charge in [-0.2, -0.15) is 0 Å². The Kier molecular flexibility index (Phi) is 7.96. The predicted octanol–water partition coefficient (Wildman–Crippen LogP) is -0.939. The molecule has 40 valence electrons. The average Bonchev–Trinajstić information content (AvgIpc) is 1.38. The van der Waals surface area contributed by atoms with Crippen LogP contribution in [0.4, 0.5) is 0 Å². The molecule has 0 rings (SSSR count). The molecule has 0 saturated heterocycles. The number of rotatable bonds is 1. The molecular weight excluding hydrogens is 104 g/mol. The minimum absolute atomic E-state index is 0. The normalized spacial score (nSPS) is 12.3. The number of hydrogen-bond donors (Lipinski definition) is 0. The van der Waals surface area contributed by atoms with Gasteiger partial charge in [-0.15, -0.1) is 0 Å². The van der Waals surface area contributed by atoms with Crippen LogP contribution in [0.2, 0.25) is 0 Å². The van der Waals surface area contributed by atoms with Crippen LogP contribution < -0.4 is 0 Å². The third-order valence-electron chi connectivity index (χ3n) is 0.236. The van der Waals surface area contributed by atoms with E-state index in [1.54, 1.807) is 6.92 Å². The molecule has 0 spiro atoms. The quantitative estimate of drug-likeness (QED) is 0.410. The first kappa shape index (κ1) is 9.42. The van der Waals surface area contributed by atoms with Gasteiger partial charge >= 0.3 is 0 Å². The Morgan fingerprint density at radius 3 is 2.00 bits per heavy atom. The molecule has 1 atom stereocenters. The topological polar surface area (TPSA) is 71.6 Å². The average molecular weight is 111 g/mol. The van der Waals surface area contributed by atoms with Crippen molar-refractivity contribution < 1.29 is 14.2 Å². The van der Waals surface area contributed by atoms with Crippen LogP contribution in [0.25, 0.3) is 0 Å². The summed E-state index contributed by atoms with van der Waals surface area (Å²) in [6.45, 7) is 1.59.